The topological polar surface area (TPSA) is 127 Å². The predicted molar refractivity (Wildman–Crippen MR) is 181 cm³/mol. The average molecular weight is 642 g/mol. The number of amides is 2. The third kappa shape index (κ3) is 7.35. The third-order valence-electron chi connectivity index (χ3n) is 9.15. The van der Waals surface area contributed by atoms with Gasteiger partial charge in [0.25, 0.3) is 5.91 Å². The van der Waals surface area contributed by atoms with Crippen LogP contribution in [-0.4, -0.2) is 66.4 Å². The highest BCUT2D eigenvalue weighted by Crippen LogP contribution is 2.36. The molecule has 6 rings (SSSR count). The summed E-state index contributed by atoms with van der Waals surface area (Å²) in [5.74, 6) is 0.400. The Labute approximate surface area is 276 Å². The van der Waals surface area contributed by atoms with Crippen LogP contribution in [0.4, 0.5) is 4.79 Å². The lowest BCUT2D eigenvalue weighted by Gasteiger charge is -2.27. The molecule has 1 atom stereocenters. The lowest BCUT2D eigenvalue weighted by atomic mass is 9.95. The molecule has 1 aliphatic carbocycles. The second kappa shape index (κ2) is 13.9. The van der Waals surface area contributed by atoms with E-state index < -0.39 is 5.60 Å². The Morgan fingerprint density at radius 2 is 1.87 bits per heavy atom. The van der Waals surface area contributed by atoms with Crippen molar-refractivity contribution in [2.24, 2.45) is 0 Å². The Morgan fingerprint density at radius 1 is 1.09 bits per heavy atom. The Bertz CT molecular complexity index is 1720. The van der Waals surface area contributed by atoms with E-state index in [4.69, 9.17) is 14.6 Å². The number of ether oxygens (including phenoxy) is 2. The molecule has 4 aromatic rings. The Kier molecular flexibility index (Phi) is 9.63. The standard InChI is InChI=1S/C36H47N7O4/c1-6-42(35(45)47-36(3,4)5)22-25-19-37-20-28(23(25)2)24-15-16-30-27(18-24)32(41-43(30)31-14-10-11-17-46-31)33-38-21-29(40-33)34(44)39-26-12-8-7-9-13-26/h15-16,18-21,26,31H,6-14,17,22H2,1-5H3,(H,38,40)(H,39,44). The molecule has 0 spiro atoms. The van der Waals surface area contributed by atoms with Gasteiger partial charge in [0, 0.05) is 42.5 Å². The van der Waals surface area contributed by atoms with Crippen LogP contribution in [-0.2, 0) is 16.0 Å². The van der Waals surface area contributed by atoms with Gasteiger partial charge in [-0.15, -0.1) is 0 Å². The molecule has 1 aromatic carbocycles. The zero-order valence-corrected chi connectivity index (χ0v) is 28.3. The minimum absolute atomic E-state index is 0.137. The van der Waals surface area contributed by atoms with Gasteiger partial charge in [0.15, 0.2) is 12.1 Å². The number of aromatic nitrogens is 5. The van der Waals surface area contributed by atoms with Crippen LogP contribution in [0.25, 0.3) is 33.5 Å². The van der Waals surface area contributed by atoms with Crippen LogP contribution >= 0.6 is 0 Å². The normalized spacial score (nSPS) is 17.5. The molecule has 1 unspecified atom stereocenters. The van der Waals surface area contributed by atoms with Crippen LogP contribution in [0.5, 0.6) is 0 Å². The summed E-state index contributed by atoms with van der Waals surface area (Å²) in [6.07, 6.45) is 13.3. The van der Waals surface area contributed by atoms with E-state index in [2.05, 4.69) is 45.4 Å². The van der Waals surface area contributed by atoms with Crippen molar-refractivity contribution in [2.75, 3.05) is 13.2 Å². The smallest absolute Gasteiger partial charge is 0.410 e. The van der Waals surface area contributed by atoms with Crippen molar-refractivity contribution in [1.82, 2.24) is 34.9 Å². The zero-order valence-electron chi connectivity index (χ0n) is 28.3. The zero-order chi connectivity index (χ0) is 33.1. The number of nitrogens with zero attached hydrogens (tertiary/aromatic N) is 5. The van der Waals surface area contributed by atoms with Crippen molar-refractivity contribution < 1.29 is 19.1 Å². The number of carbonyl (C=O) groups excluding carboxylic acids is 2. The molecule has 2 amide bonds. The van der Waals surface area contributed by atoms with Crippen LogP contribution in [0.1, 0.15) is 107 Å². The number of hydrogen-bond acceptors (Lipinski definition) is 7. The highest BCUT2D eigenvalue weighted by atomic mass is 16.6. The van der Waals surface area contributed by atoms with E-state index in [0.29, 0.717) is 36.9 Å². The molecule has 1 saturated heterocycles. The van der Waals surface area contributed by atoms with Crippen molar-refractivity contribution in [1.29, 1.82) is 0 Å². The fourth-order valence-electron chi connectivity index (χ4n) is 6.54. The van der Waals surface area contributed by atoms with Crippen molar-refractivity contribution in [3.8, 4) is 22.6 Å². The third-order valence-corrected chi connectivity index (χ3v) is 9.15. The van der Waals surface area contributed by atoms with Crippen LogP contribution in [0.15, 0.2) is 36.8 Å². The summed E-state index contributed by atoms with van der Waals surface area (Å²) in [6, 6.07) is 6.47. The van der Waals surface area contributed by atoms with E-state index in [9.17, 15) is 9.59 Å². The van der Waals surface area contributed by atoms with E-state index in [-0.39, 0.29) is 24.3 Å². The van der Waals surface area contributed by atoms with E-state index in [1.54, 1.807) is 11.1 Å². The molecule has 2 aliphatic rings. The largest absolute Gasteiger partial charge is 0.444 e. The van der Waals surface area contributed by atoms with Crippen molar-refractivity contribution in [3.63, 3.8) is 0 Å². The first-order valence-corrected chi connectivity index (χ1v) is 17.0. The summed E-state index contributed by atoms with van der Waals surface area (Å²) < 4.78 is 13.7. The maximum atomic E-state index is 13.1. The lowest BCUT2D eigenvalue weighted by molar-refractivity contribution is -0.0365. The Morgan fingerprint density at radius 3 is 2.60 bits per heavy atom. The van der Waals surface area contributed by atoms with Gasteiger partial charge < -0.3 is 24.7 Å². The number of nitrogens with one attached hydrogen (secondary N) is 2. The second-order valence-corrected chi connectivity index (χ2v) is 13.8. The number of imidazole rings is 1. The molecule has 47 heavy (non-hydrogen) atoms. The molecule has 3 aromatic heterocycles. The monoisotopic (exact) mass is 641 g/mol. The molecule has 1 saturated carbocycles. The average Bonchev–Trinajstić information content (AvgIpc) is 3.70. The van der Waals surface area contributed by atoms with Crippen LogP contribution < -0.4 is 5.32 Å². The summed E-state index contributed by atoms with van der Waals surface area (Å²) in [5.41, 5.74) is 5.36. The second-order valence-electron chi connectivity index (χ2n) is 13.8. The molecule has 250 valence electrons. The number of carbonyl (C=O) groups is 2. The summed E-state index contributed by atoms with van der Waals surface area (Å²) >= 11 is 0. The molecule has 0 radical (unpaired) electrons. The van der Waals surface area contributed by atoms with Gasteiger partial charge in [-0.2, -0.15) is 5.10 Å². The maximum absolute atomic E-state index is 13.1. The van der Waals surface area contributed by atoms with Crippen molar-refractivity contribution in [2.45, 2.75) is 110 Å². The van der Waals surface area contributed by atoms with Gasteiger partial charge in [-0.05, 0) is 95.5 Å². The van der Waals surface area contributed by atoms with Gasteiger partial charge in [-0.3, -0.25) is 9.78 Å². The van der Waals surface area contributed by atoms with E-state index in [1.165, 1.54) is 6.42 Å². The molecule has 4 heterocycles. The molecular weight excluding hydrogens is 594 g/mol. The minimum Gasteiger partial charge on any atom is -0.444 e. The van der Waals surface area contributed by atoms with Gasteiger partial charge in [0.1, 0.15) is 17.0 Å². The fraction of sp³-hybridized carbons (Fsp3) is 0.528. The molecule has 0 bridgehead atoms. The number of pyridine rings is 1. The quantitative estimate of drug-likeness (QED) is 0.206. The molecule has 11 nitrogen and oxygen atoms in total. The molecular formula is C36H47N7O4. The first-order chi connectivity index (χ1) is 22.6. The van der Waals surface area contributed by atoms with Gasteiger partial charge in [0.05, 0.1) is 18.3 Å². The summed E-state index contributed by atoms with van der Waals surface area (Å²) in [7, 11) is 0. The summed E-state index contributed by atoms with van der Waals surface area (Å²) in [5, 5.41) is 9.12. The first-order valence-electron chi connectivity index (χ1n) is 17.0. The SMILES string of the molecule is CCN(Cc1cncc(-c2ccc3c(c2)c(-c2ncc(C(=O)NC4CCCCC4)[nH]2)nn3C2CCCCO2)c1C)C(=O)OC(C)(C)C. The highest BCUT2D eigenvalue weighted by Gasteiger charge is 2.26. The summed E-state index contributed by atoms with van der Waals surface area (Å²) in [4.78, 5) is 40.2. The van der Waals surface area contributed by atoms with Crippen LogP contribution in [0.3, 0.4) is 0 Å². The Hall–Kier alpha value is -4.25. The highest BCUT2D eigenvalue weighted by molar-refractivity contribution is 5.97. The van der Waals surface area contributed by atoms with E-state index in [1.807, 2.05) is 44.8 Å². The predicted octanol–water partition coefficient (Wildman–Crippen LogP) is 7.32. The molecule has 2 N–H and O–H groups in total. The number of benzene rings is 1. The van der Waals surface area contributed by atoms with Gasteiger partial charge in [-0.25, -0.2) is 14.5 Å². The summed E-state index contributed by atoms with van der Waals surface area (Å²) in [6.45, 7) is 11.2. The molecule has 2 fully saturated rings. The number of fused-ring (bicyclic) bond motifs is 1. The number of rotatable bonds is 8. The number of H-pyrrole nitrogens is 1. The first kappa shape index (κ1) is 32.7. The Balaban J connectivity index is 1.34. The maximum Gasteiger partial charge on any atom is 0.410 e. The van der Waals surface area contributed by atoms with Gasteiger partial charge >= 0.3 is 6.09 Å². The van der Waals surface area contributed by atoms with E-state index >= 15 is 0 Å². The lowest BCUT2D eigenvalue weighted by Crippen LogP contribution is -2.36. The molecule has 11 heteroatoms. The van der Waals surface area contributed by atoms with Crippen LogP contribution in [0.2, 0.25) is 0 Å². The van der Waals surface area contributed by atoms with Gasteiger partial charge in [0.2, 0.25) is 0 Å². The fourth-order valence-corrected chi connectivity index (χ4v) is 6.54. The van der Waals surface area contributed by atoms with E-state index in [0.717, 1.165) is 78.1 Å². The van der Waals surface area contributed by atoms with Crippen LogP contribution in [0, 0.1) is 6.92 Å². The number of hydrogen-bond donors (Lipinski definition) is 2. The van der Waals surface area contributed by atoms with Crippen molar-refractivity contribution in [3.05, 3.63) is 53.6 Å². The minimum atomic E-state index is -0.576. The number of aromatic amines is 1. The van der Waals surface area contributed by atoms with Crippen molar-refractivity contribution >= 4 is 22.9 Å². The van der Waals surface area contributed by atoms with Gasteiger partial charge in [-0.1, -0.05) is 25.3 Å². The molecule has 1 aliphatic heterocycles.